The summed E-state index contributed by atoms with van der Waals surface area (Å²) in [5.41, 5.74) is -0.324. The number of amides is 2. The Morgan fingerprint density at radius 3 is 2.56 bits per heavy atom. The Kier molecular flexibility index (Phi) is 9.84. The second kappa shape index (κ2) is 11.1. The lowest BCUT2D eigenvalue weighted by Crippen LogP contribution is -2.61. The summed E-state index contributed by atoms with van der Waals surface area (Å²) in [6.07, 6.45) is 8.80. The van der Waals surface area contributed by atoms with Crippen molar-refractivity contribution in [3.05, 3.63) is 0 Å². The van der Waals surface area contributed by atoms with Crippen molar-refractivity contribution in [3.8, 4) is 0 Å². The molecule has 0 aromatic carbocycles. The molecule has 0 aromatic rings. The number of halogens is 2. The van der Waals surface area contributed by atoms with Gasteiger partial charge >= 0.3 is 12.0 Å². The number of aliphatic imine (C=N–C) groups is 1. The normalized spacial score (nSPS) is 21.9. The first kappa shape index (κ1) is 24.0. The summed E-state index contributed by atoms with van der Waals surface area (Å²) in [4.78, 5) is 30.3. The third kappa shape index (κ3) is 5.48. The highest BCUT2D eigenvalue weighted by Gasteiger charge is 2.50. The summed E-state index contributed by atoms with van der Waals surface area (Å²) in [5, 5.41) is 7.00. The summed E-state index contributed by atoms with van der Waals surface area (Å²) in [7, 11) is 1.40. The van der Waals surface area contributed by atoms with Crippen molar-refractivity contribution in [2.24, 2.45) is 4.99 Å². The number of hydrogen-bond donors (Lipinski definition) is 2. The molecule has 2 N–H and O–H groups in total. The van der Waals surface area contributed by atoms with E-state index in [0.29, 0.717) is 25.4 Å². The van der Waals surface area contributed by atoms with Crippen LogP contribution >= 0.6 is 24.8 Å². The van der Waals surface area contributed by atoms with E-state index in [1.54, 1.807) is 0 Å². The molecule has 27 heavy (non-hydrogen) atoms. The van der Waals surface area contributed by atoms with E-state index in [-0.39, 0.29) is 42.4 Å². The molecule has 0 unspecified atom stereocenters. The molecule has 1 aliphatic carbocycles. The fraction of sp³-hybridized carbons (Fsp3) is 0.833. The first-order chi connectivity index (χ1) is 12.2. The van der Waals surface area contributed by atoms with Gasteiger partial charge in [0.05, 0.1) is 7.11 Å². The molecule has 2 aliphatic heterocycles. The highest BCUT2D eigenvalue weighted by Crippen LogP contribution is 2.34. The highest BCUT2D eigenvalue weighted by molar-refractivity contribution is 6.06. The van der Waals surface area contributed by atoms with E-state index >= 15 is 0 Å². The van der Waals surface area contributed by atoms with Crippen LogP contribution in [0.15, 0.2) is 4.99 Å². The van der Waals surface area contributed by atoms with Gasteiger partial charge in [-0.05, 0) is 45.2 Å². The van der Waals surface area contributed by atoms with Crippen molar-refractivity contribution < 1.29 is 14.3 Å². The van der Waals surface area contributed by atoms with Gasteiger partial charge in [-0.2, -0.15) is 4.99 Å². The smallest absolute Gasteiger partial charge is 0.346 e. The molecule has 2 heterocycles. The van der Waals surface area contributed by atoms with Crippen LogP contribution in [-0.2, 0) is 9.53 Å². The van der Waals surface area contributed by atoms with Crippen molar-refractivity contribution in [2.75, 3.05) is 26.7 Å². The van der Waals surface area contributed by atoms with Crippen LogP contribution in [0.3, 0.4) is 0 Å². The minimum absolute atomic E-state index is 0. The number of urea groups is 1. The van der Waals surface area contributed by atoms with E-state index in [2.05, 4.69) is 15.6 Å². The maximum atomic E-state index is 12.6. The average molecular weight is 423 g/mol. The van der Waals surface area contributed by atoms with E-state index < -0.39 is 0 Å². The van der Waals surface area contributed by atoms with Gasteiger partial charge in [-0.15, -0.1) is 24.8 Å². The number of hydrogen-bond acceptors (Lipinski definition) is 5. The van der Waals surface area contributed by atoms with Crippen molar-refractivity contribution >= 4 is 42.7 Å². The summed E-state index contributed by atoms with van der Waals surface area (Å²) in [6.45, 7) is 2.31. The lowest BCUT2D eigenvalue weighted by molar-refractivity contribution is -0.140. The van der Waals surface area contributed by atoms with Gasteiger partial charge in [-0.3, -0.25) is 4.79 Å². The molecule has 0 atom stereocenters. The van der Waals surface area contributed by atoms with Crippen molar-refractivity contribution in [1.82, 2.24) is 15.5 Å². The van der Waals surface area contributed by atoms with Gasteiger partial charge in [0.1, 0.15) is 11.4 Å². The molecule has 3 rings (SSSR count). The number of nitrogens with zero attached hydrogens (tertiary/aromatic N) is 2. The average Bonchev–Trinajstić information content (AvgIpc) is 2.88. The molecule has 1 saturated carbocycles. The molecular weight excluding hydrogens is 391 g/mol. The fourth-order valence-electron chi connectivity index (χ4n) is 4.32. The molecule has 1 spiro atoms. The van der Waals surface area contributed by atoms with Gasteiger partial charge < -0.3 is 20.3 Å². The van der Waals surface area contributed by atoms with E-state index in [4.69, 9.17) is 4.74 Å². The first-order valence-corrected chi connectivity index (χ1v) is 9.60. The number of piperidine rings is 1. The summed E-state index contributed by atoms with van der Waals surface area (Å²) in [5.74, 6) is 0.636. The predicted molar refractivity (Wildman–Crippen MR) is 110 cm³/mol. The van der Waals surface area contributed by atoms with Crippen molar-refractivity contribution in [3.63, 3.8) is 0 Å². The predicted octanol–water partition coefficient (Wildman–Crippen LogP) is 2.66. The molecule has 0 aromatic heterocycles. The SMILES string of the molecule is COC(=O)CCCN1C(=O)N=C(NC2CCCCC2)C12CCNCC2.Cl.Cl. The van der Waals surface area contributed by atoms with Gasteiger partial charge in [-0.25, -0.2) is 4.79 Å². The van der Waals surface area contributed by atoms with Crippen LogP contribution in [-0.4, -0.2) is 61.1 Å². The Hall–Kier alpha value is -1.05. The quantitative estimate of drug-likeness (QED) is 0.665. The first-order valence-electron chi connectivity index (χ1n) is 9.60. The minimum atomic E-state index is -0.324. The van der Waals surface area contributed by atoms with Crippen LogP contribution in [0.2, 0.25) is 0 Å². The second-order valence-corrected chi connectivity index (χ2v) is 7.34. The van der Waals surface area contributed by atoms with Crippen LogP contribution in [0, 0.1) is 0 Å². The number of rotatable bonds is 5. The highest BCUT2D eigenvalue weighted by atomic mass is 35.5. The molecule has 0 radical (unpaired) electrons. The number of carbonyl (C=O) groups is 2. The zero-order valence-electron chi connectivity index (χ0n) is 16.0. The molecule has 2 fully saturated rings. The number of ether oxygens (including phenoxy) is 1. The van der Waals surface area contributed by atoms with Crippen LogP contribution in [0.1, 0.15) is 57.8 Å². The molecule has 9 heteroatoms. The van der Waals surface area contributed by atoms with Gasteiger partial charge in [0.2, 0.25) is 0 Å². The van der Waals surface area contributed by atoms with E-state index in [9.17, 15) is 9.59 Å². The van der Waals surface area contributed by atoms with Gasteiger partial charge in [0, 0.05) is 19.0 Å². The Morgan fingerprint density at radius 1 is 1.26 bits per heavy atom. The van der Waals surface area contributed by atoms with Crippen LogP contribution in [0.25, 0.3) is 0 Å². The Labute approximate surface area is 173 Å². The van der Waals surface area contributed by atoms with Crippen molar-refractivity contribution in [1.29, 1.82) is 0 Å². The molecule has 0 bridgehead atoms. The molecule has 3 aliphatic rings. The molecule has 1 saturated heterocycles. The number of methoxy groups -OCH3 is 1. The zero-order valence-corrected chi connectivity index (χ0v) is 17.6. The Bertz CT molecular complexity index is 533. The largest absolute Gasteiger partial charge is 0.469 e. The number of carbonyl (C=O) groups excluding carboxylic acids is 2. The lowest BCUT2D eigenvalue weighted by atomic mass is 9.84. The molecule has 7 nitrogen and oxygen atoms in total. The monoisotopic (exact) mass is 422 g/mol. The molecule has 156 valence electrons. The summed E-state index contributed by atoms with van der Waals surface area (Å²) < 4.78 is 4.71. The summed E-state index contributed by atoms with van der Waals surface area (Å²) in [6, 6.07) is 0.271. The van der Waals surface area contributed by atoms with Gasteiger partial charge in [0.25, 0.3) is 0 Å². The second-order valence-electron chi connectivity index (χ2n) is 7.34. The Balaban J connectivity index is 0.00000182. The standard InChI is InChI=1S/C18H30N4O3.2ClH/c1-25-15(23)8-5-13-22-17(24)21-16(18(22)9-11-19-12-10-18)20-14-6-3-2-4-7-14;;/h14,19H,2-13H2,1H3,(H,20,21,24);2*1H. The minimum Gasteiger partial charge on any atom is -0.469 e. The zero-order chi connectivity index (χ0) is 17.7. The Morgan fingerprint density at radius 2 is 1.93 bits per heavy atom. The maximum Gasteiger partial charge on any atom is 0.346 e. The summed E-state index contributed by atoms with van der Waals surface area (Å²) >= 11 is 0. The van der Waals surface area contributed by atoms with E-state index in [1.807, 2.05) is 4.90 Å². The van der Waals surface area contributed by atoms with Gasteiger partial charge in [0.15, 0.2) is 0 Å². The van der Waals surface area contributed by atoms with E-state index in [1.165, 1.54) is 26.4 Å². The van der Waals surface area contributed by atoms with Crippen LogP contribution < -0.4 is 10.6 Å². The van der Waals surface area contributed by atoms with Crippen LogP contribution in [0.5, 0.6) is 0 Å². The molecular formula is C18H32Cl2N4O3. The number of nitrogens with one attached hydrogen (secondary N) is 2. The number of amidine groups is 1. The number of esters is 1. The van der Waals surface area contributed by atoms with E-state index in [0.717, 1.165) is 44.6 Å². The fourth-order valence-corrected chi connectivity index (χ4v) is 4.32. The lowest BCUT2D eigenvalue weighted by Gasteiger charge is -2.43. The van der Waals surface area contributed by atoms with Gasteiger partial charge in [-0.1, -0.05) is 19.3 Å². The third-order valence-electron chi connectivity index (χ3n) is 5.76. The van der Waals surface area contributed by atoms with Crippen LogP contribution in [0.4, 0.5) is 4.79 Å². The maximum absolute atomic E-state index is 12.6. The third-order valence-corrected chi connectivity index (χ3v) is 5.76. The van der Waals surface area contributed by atoms with Crippen molar-refractivity contribution in [2.45, 2.75) is 69.4 Å². The molecule has 2 amide bonds. The topological polar surface area (TPSA) is 83.0 Å².